The van der Waals surface area contributed by atoms with Gasteiger partial charge < -0.3 is 15.0 Å². The maximum absolute atomic E-state index is 13.9. The van der Waals surface area contributed by atoms with Crippen LogP contribution in [0.25, 0.3) is 0 Å². The molecule has 0 heterocycles. The number of hydrogen-bond donors (Lipinski definition) is 1. The fourth-order valence-electron chi connectivity index (χ4n) is 4.08. The summed E-state index contributed by atoms with van der Waals surface area (Å²) in [6.07, 6.45) is 1.33. The van der Waals surface area contributed by atoms with E-state index in [1.54, 1.807) is 43.5 Å². The first kappa shape index (κ1) is 27.7. The summed E-state index contributed by atoms with van der Waals surface area (Å²) >= 11 is 0. The average molecular weight is 524 g/mol. The van der Waals surface area contributed by atoms with Gasteiger partial charge in [0.05, 0.1) is 19.1 Å². The molecule has 0 aromatic heterocycles. The predicted octanol–water partition coefficient (Wildman–Crippen LogP) is 3.16. The summed E-state index contributed by atoms with van der Waals surface area (Å²) in [6.45, 7) is 1.49. The summed E-state index contributed by atoms with van der Waals surface area (Å²) in [5.41, 5.74) is 2.87. The van der Waals surface area contributed by atoms with E-state index in [4.69, 9.17) is 4.74 Å². The second-order valence-electron chi connectivity index (χ2n) is 8.80. The van der Waals surface area contributed by atoms with Gasteiger partial charge in [0, 0.05) is 20.0 Å². The van der Waals surface area contributed by atoms with E-state index in [9.17, 15) is 18.0 Å². The molecule has 0 saturated heterocycles. The summed E-state index contributed by atoms with van der Waals surface area (Å²) in [7, 11) is -0.722. The van der Waals surface area contributed by atoms with E-state index in [-0.39, 0.29) is 18.9 Å². The summed E-state index contributed by atoms with van der Waals surface area (Å²) in [6, 6.07) is 22.7. The van der Waals surface area contributed by atoms with Crippen LogP contribution in [-0.2, 0) is 32.6 Å². The van der Waals surface area contributed by atoms with Gasteiger partial charge in [-0.3, -0.25) is 13.9 Å². The van der Waals surface area contributed by atoms with Gasteiger partial charge in [-0.15, -0.1) is 0 Å². The number of nitrogens with one attached hydrogen (secondary N) is 1. The zero-order chi connectivity index (χ0) is 27.0. The number of nitrogens with zero attached hydrogens (tertiary/aromatic N) is 2. The van der Waals surface area contributed by atoms with Crippen molar-refractivity contribution in [2.75, 3.05) is 31.3 Å². The van der Waals surface area contributed by atoms with Gasteiger partial charge in [-0.2, -0.15) is 0 Å². The van der Waals surface area contributed by atoms with Gasteiger partial charge in [0.2, 0.25) is 21.8 Å². The van der Waals surface area contributed by atoms with E-state index in [1.807, 2.05) is 49.4 Å². The number of hydrogen-bond acceptors (Lipinski definition) is 5. The summed E-state index contributed by atoms with van der Waals surface area (Å²) in [5.74, 6) is -0.234. The number of sulfonamides is 1. The lowest BCUT2D eigenvalue weighted by atomic mass is 10.0. The number of likely N-dealkylation sites (N-methyl/N-ethyl adjacent to an activating group) is 1. The lowest BCUT2D eigenvalue weighted by molar-refractivity contribution is -0.139. The van der Waals surface area contributed by atoms with Crippen LogP contribution >= 0.6 is 0 Å². The summed E-state index contributed by atoms with van der Waals surface area (Å²) in [5, 5.41) is 2.66. The number of rotatable bonds is 11. The Morgan fingerprint density at radius 2 is 1.62 bits per heavy atom. The van der Waals surface area contributed by atoms with Crippen LogP contribution in [0.3, 0.4) is 0 Å². The van der Waals surface area contributed by atoms with E-state index in [0.717, 1.165) is 27.3 Å². The third-order valence-electron chi connectivity index (χ3n) is 5.97. The van der Waals surface area contributed by atoms with E-state index < -0.39 is 28.5 Å². The monoisotopic (exact) mass is 523 g/mol. The molecule has 3 aromatic rings. The van der Waals surface area contributed by atoms with Crippen molar-refractivity contribution in [3.05, 3.63) is 95.6 Å². The number of aryl methyl sites for hydroxylation is 1. The van der Waals surface area contributed by atoms with Crippen LogP contribution in [0, 0.1) is 6.92 Å². The fraction of sp³-hybridized carbons (Fsp3) is 0.286. The lowest BCUT2D eigenvalue weighted by Gasteiger charge is -2.33. The number of anilines is 1. The molecule has 0 fully saturated rings. The highest BCUT2D eigenvalue weighted by Gasteiger charge is 2.32. The molecular weight excluding hydrogens is 490 g/mol. The molecule has 0 aliphatic rings. The van der Waals surface area contributed by atoms with Crippen LogP contribution in [0.5, 0.6) is 5.75 Å². The Bertz CT molecular complexity index is 1330. The summed E-state index contributed by atoms with van der Waals surface area (Å²) in [4.78, 5) is 28.4. The van der Waals surface area contributed by atoms with Crippen LogP contribution in [0.15, 0.2) is 78.9 Å². The van der Waals surface area contributed by atoms with E-state index in [2.05, 4.69) is 5.32 Å². The summed E-state index contributed by atoms with van der Waals surface area (Å²) < 4.78 is 31.9. The smallest absolute Gasteiger partial charge is 0.244 e. The molecule has 1 atom stereocenters. The highest BCUT2D eigenvalue weighted by atomic mass is 32.2. The van der Waals surface area contributed by atoms with Crippen LogP contribution in [-0.4, -0.2) is 58.1 Å². The third kappa shape index (κ3) is 7.57. The van der Waals surface area contributed by atoms with Gasteiger partial charge in [-0.25, -0.2) is 8.42 Å². The molecule has 0 radical (unpaired) electrons. The Morgan fingerprint density at radius 3 is 2.24 bits per heavy atom. The Balaban J connectivity index is 2.03. The highest BCUT2D eigenvalue weighted by Crippen LogP contribution is 2.22. The average Bonchev–Trinajstić information content (AvgIpc) is 2.88. The standard InChI is InChI=1S/C28H33N3O5S/c1-21-10-8-14-24(16-21)31(37(4,34)35)20-27(32)30(19-23-13-9-15-25(17-23)36-3)26(28(33)29-2)18-22-11-6-5-7-12-22/h5-17,26H,18-20H2,1-4H3,(H,29,33)/t26-/m1/s1. The van der Waals surface area contributed by atoms with Crippen LogP contribution in [0.4, 0.5) is 5.69 Å². The van der Waals surface area contributed by atoms with Crippen molar-refractivity contribution in [1.29, 1.82) is 0 Å². The van der Waals surface area contributed by atoms with Crippen LogP contribution in [0.1, 0.15) is 16.7 Å². The molecule has 0 spiro atoms. The first-order valence-electron chi connectivity index (χ1n) is 11.8. The van der Waals surface area contributed by atoms with Crippen molar-refractivity contribution < 1.29 is 22.7 Å². The molecule has 0 aliphatic carbocycles. The Kier molecular flexibility index (Phi) is 9.30. The molecule has 0 aliphatic heterocycles. The quantitative estimate of drug-likeness (QED) is 0.417. The minimum atomic E-state index is -3.79. The van der Waals surface area contributed by atoms with Gasteiger partial charge in [-0.05, 0) is 47.9 Å². The topological polar surface area (TPSA) is 96.0 Å². The second kappa shape index (κ2) is 12.4. The molecule has 3 rings (SSSR count). The zero-order valence-corrected chi connectivity index (χ0v) is 22.4. The molecule has 0 bridgehead atoms. The van der Waals surface area contributed by atoms with Crippen molar-refractivity contribution in [1.82, 2.24) is 10.2 Å². The number of carbonyl (C=O) groups is 2. The highest BCUT2D eigenvalue weighted by molar-refractivity contribution is 7.92. The van der Waals surface area contributed by atoms with Crippen molar-refractivity contribution in [2.24, 2.45) is 0 Å². The minimum absolute atomic E-state index is 0.0897. The van der Waals surface area contributed by atoms with E-state index in [1.165, 1.54) is 11.9 Å². The molecule has 9 heteroatoms. The van der Waals surface area contributed by atoms with E-state index >= 15 is 0 Å². The van der Waals surface area contributed by atoms with Gasteiger partial charge in [0.1, 0.15) is 18.3 Å². The van der Waals surface area contributed by atoms with Gasteiger partial charge in [-0.1, -0.05) is 54.6 Å². The van der Waals surface area contributed by atoms with Gasteiger partial charge in [0.25, 0.3) is 0 Å². The predicted molar refractivity (Wildman–Crippen MR) is 145 cm³/mol. The zero-order valence-electron chi connectivity index (χ0n) is 21.5. The van der Waals surface area contributed by atoms with Crippen molar-refractivity contribution in [3.63, 3.8) is 0 Å². The lowest BCUT2D eigenvalue weighted by Crippen LogP contribution is -2.52. The molecule has 3 aromatic carbocycles. The maximum atomic E-state index is 13.9. The minimum Gasteiger partial charge on any atom is -0.497 e. The number of benzene rings is 3. The molecule has 1 N–H and O–H groups in total. The number of amides is 2. The molecule has 0 unspecified atom stereocenters. The van der Waals surface area contributed by atoms with Crippen molar-refractivity contribution in [2.45, 2.75) is 25.9 Å². The Hall–Kier alpha value is -3.85. The fourth-order valence-corrected chi connectivity index (χ4v) is 4.93. The van der Waals surface area contributed by atoms with Crippen LogP contribution in [0.2, 0.25) is 0 Å². The number of ether oxygens (including phenoxy) is 1. The number of carbonyl (C=O) groups excluding carboxylic acids is 2. The molecule has 196 valence electrons. The first-order chi connectivity index (χ1) is 17.6. The molecular formula is C28H33N3O5S. The van der Waals surface area contributed by atoms with Crippen molar-refractivity contribution >= 4 is 27.5 Å². The van der Waals surface area contributed by atoms with Crippen LogP contribution < -0.4 is 14.4 Å². The van der Waals surface area contributed by atoms with Crippen molar-refractivity contribution in [3.8, 4) is 5.75 Å². The van der Waals surface area contributed by atoms with E-state index in [0.29, 0.717) is 11.4 Å². The molecule has 37 heavy (non-hydrogen) atoms. The normalized spacial score (nSPS) is 11.9. The molecule has 8 nitrogen and oxygen atoms in total. The Labute approximate surface area is 218 Å². The third-order valence-corrected chi connectivity index (χ3v) is 7.11. The molecule has 2 amide bonds. The maximum Gasteiger partial charge on any atom is 0.244 e. The van der Waals surface area contributed by atoms with Gasteiger partial charge in [0.15, 0.2) is 0 Å². The number of methoxy groups -OCH3 is 1. The first-order valence-corrected chi connectivity index (χ1v) is 13.7. The van der Waals surface area contributed by atoms with Gasteiger partial charge >= 0.3 is 0 Å². The second-order valence-corrected chi connectivity index (χ2v) is 10.7. The Morgan fingerprint density at radius 1 is 0.946 bits per heavy atom. The molecule has 0 saturated carbocycles. The SMILES string of the molecule is CNC(=O)[C@@H](Cc1ccccc1)N(Cc1cccc(OC)c1)C(=O)CN(c1cccc(C)c1)S(C)(=O)=O. The largest absolute Gasteiger partial charge is 0.497 e.